The Bertz CT molecular complexity index is 728. The van der Waals surface area contributed by atoms with Crippen LogP contribution in [-0.2, 0) is 0 Å². The van der Waals surface area contributed by atoms with Crippen molar-refractivity contribution in [2.45, 2.75) is 13.8 Å². The van der Waals surface area contributed by atoms with Crippen molar-refractivity contribution >= 4 is 23.1 Å². The fourth-order valence-corrected chi connectivity index (χ4v) is 1.99. The predicted octanol–water partition coefficient (Wildman–Crippen LogP) is 4.55. The molecule has 0 unspecified atom stereocenters. The lowest BCUT2D eigenvalue weighted by Crippen LogP contribution is -1.96. The normalized spacial score (nSPS) is 10.2. The Labute approximate surface area is 126 Å². The summed E-state index contributed by atoms with van der Waals surface area (Å²) in [6.45, 7) is 3.23. The monoisotopic (exact) mass is 305 g/mol. The van der Waals surface area contributed by atoms with Crippen molar-refractivity contribution in [3.05, 3.63) is 62.7 Å². The van der Waals surface area contributed by atoms with E-state index < -0.39 is 4.92 Å². The second-order valence-electron chi connectivity index (χ2n) is 4.53. The zero-order chi connectivity index (χ0) is 15.6. The number of hydrogen-bond acceptors (Lipinski definition) is 4. The summed E-state index contributed by atoms with van der Waals surface area (Å²) in [5.74, 6) is 0.248. The molecule has 2 aromatic carbocycles. The first-order valence-corrected chi connectivity index (χ1v) is 6.49. The third kappa shape index (κ3) is 3.38. The molecule has 6 heteroatoms. The van der Waals surface area contributed by atoms with Crippen LogP contribution in [0.3, 0.4) is 0 Å². The molecule has 108 valence electrons. The fraction of sp³-hybridized carbons (Fsp3) is 0.133. The molecule has 0 aromatic heterocycles. The molecule has 0 fully saturated rings. The summed E-state index contributed by atoms with van der Waals surface area (Å²) in [6, 6.07) is 9.12. The minimum absolute atomic E-state index is 0.109. The maximum atomic E-state index is 11.3. The van der Waals surface area contributed by atoms with Gasteiger partial charge in [-0.25, -0.2) is 0 Å². The largest absolute Gasteiger partial charge is 0.449 e. The van der Waals surface area contributed by atoms with Gasteiger partial charge in [0.25, 0.3) is 0 Å². The smallest absolute Gasteiger partial charge is 0.311 e. The van der Waals surface area contributed by atoms with Gasteiger partial charge in [0.05, 0.1) is 9.95 Å². The van der Waals surface area contributed by atoms with Crippen LogP contribution in [-0.4, -0.2) is 10.7 Å². The number of rotatable bonds is 4. The molecule has 0 heterocycles. The summed E-state index contributed by atoms with van der Waals surface area (Å²) in [5.41, 5.74) is 1.13. The summed E-state index contributed by atoms with van der Waals surface area (Å²) >= 11 is 6.05. The first-order valence-electron chi connectivity index (χ1n) is 6.12. The maximum Gasteiger partial charge on any atom is 0.311 e. The molecule has 0 aliphatic heterocycles. The zero-order valence-electron chi connectivity index (χ0n) is 11.4. The maximum absolute atomic E-state index is 11.3. The zero-order valence-corrected chi connectivity index (χ0v) is 12.2. The quantitative estimate of drug-likeness (QED) is 0.472. The van der Waals surface area contributed by atoms with Gasteiger partial charge in [0.2, 0.25) is 5.75 Å². The van der Waals surface area contributed by atoms with Crippen molar-refractivity contribution in [1.29, 1.82) is 0 Å². The van der Waals surface area contributed by atoms with E-state index in [0.717, 1.165) is 5.56 Å². The molecule has 0 saturated carbocycles. The lowest BCUT2D eigenvalue weighted by Gasteiger charge is -2.09. The third-order valence-corrected chi connectivity index (χ3v) is 3.17. The average Bonchev–Trinajstić information content (AvgIpc) is 2.40. The van der Waals surface area contributed by atoms with Crippen LogP contribution in [0.15, 0.2) is 36.4 Å². The van der Waals surface area contributed by atoms with E-state index in [1.54, 1.807) is 25.1 Å². The second kappa shape index (κ2) is 5.93. The molecular weight excluding hydrogens is 294 g/mol. The third-order valence-electron chi connectivity index (χ3n) is 2.87. The van der Waals surface area contributed by atoms with E-state index in [0.29, 0.717) is 5.56 Å². The molecule has 2 rings (SSSR count). The minimum Gasteiger partial charge on any atom is -0.449 e. The van der Waals surface area contributed by atoms with E-state index in [9.17, 15) is 14.9 Å². The van der Waals surface area contributed by atoms with Gasteiger partial charge < -0.3 is 4.74 Å². The Morgan fingerprint density at radius 2 is 1.90 bits per heavy atom. The average molecular weight is 306 g/mol. The number of carbonyl (C=O) groups excluding carboxylic acids is 1. The lowest BCUT2D eigenvalue weighted by molar-refractivity contribution is -0.385. The van der Waals surface area contributed by atoms with Crippen molar-refractivity contribution in [1.82, 2.24) is 0 Å². The molecule has 21 heavy (non-hydrogen) atoms. The molecule has 0 saturated heterocycles. The molecule has 0 aliphatic carbocycles. The summed E-state index contributed by atoms with van der Waals surface area (Å²) < 4.78 is 5.53. The van der Waals surface area contributed by atoms with Crippen LogP contribution < -0.4 is 4.74 Å². The van der Waals surface area contributed by atoms with Crippen LogP contribution >= 0.6 is 11.6 Å². The summed E-state index contributed by atoms with van der Waals surface area (Å²) in [6.07, 6.45) is 0. The molecule has 0 aliphatic rings. The van der Waals surface area contributed by atoms with Gasteiger partial charge >= 0.3 is 5.69 Å². The fourth-order valence-electron chi connectivity index (χ4n) is 1.77. The number of nitrogens with zero attached hydrogens (tertiary/aromatic N) is 1. The van der Waals surface area contributed by atoms with Gasteiger partial charge in [-0.05, 0) is 43.7 Å². The van der Waals surface area contributed by atoms with E-state index in [2.05, 4.69) is 0 Å². The van der Waals surface area contributed by atoms with Crippen LogP contribution in [0.4, 0.5) is 5.69 Å². The first kappa shape index (κ1) is 15.0. The van der Waals surface area contributed by atoms with Gasteiger partial charge in [0.1, 0.15) is 5.75 Å². The predicted molar refractivity (Wildman–Crippen MR) is 79.4 cm³/mol. The van der Waals surface area contributed by atoms with Gasteiger partial charge in [-0.15, -0.1) is 0 Å². The number of ether oxygens (including phenoxy) is 1. The Hall–Kier alpha value is -2.40. The molecule has 0 radical (unpaired) electrons. The van der Waals surface area contributed by atoms with Crippen molar-refractivity contribution in [3.8, 4) is 11.5 Å². The van der Waals surface area contributed by atoms with E-state index >= 15 is 0 Å². The van der Waals surface area contributed by atoms with Crippen LogP contribution in [0.25, 0.3) is 0 Å². The molecule has 0 amide bonds. The van der Waals surface area contributed by atoms with Gasteiger partial charge in [0.15, 0.2) is 5.78 Å². The van der Waals surface area contributed by atoms with E-state index in [4.69, 9.17) is 16.3 Å². The highest BCUT2D eigenvalue weighted by Gasteiger charge is 2.17. The standard InChI is InChI=1S/C15H12ClNO4/c1-9-3-5-13(17(19)20)15(7-9)21-14-6-4-11(10(2)18)8-12(14)16/h3-8H,1-2H3. The topological polar surface area (TPSA) is 69.4 Å². The van der Waals surface area contributed by atoms with Crippen molar-refractivity contribution in [2.75, 3.05) is 0 Å². The van der Waals surface area contributed by atoms with Crippen molar-refractivity contribution < 1.29 is 14.5 Å². The lowest BCUT2D eigenvalue weighted by atomic mass is 10.1. The first-order chi connectivity index (χ1) is 9.88. The van der Waals surface area contributed by atoms with Crippen LogP contribution in [0.1, 0.15) is 22.8 Å². The molecule has 0 bridgehead atoms. The summed E-state index contributed by atoms with van der Waals surface area (Å²) in [5, 5.41) is 11.2. The van der Waals surface area contributed by atoms with Gasteiger partial charge in [-0.3, -0.25) is 14.9 Å². The minimum atomic E-state index is -0.521. The van der Waals surface area contributed by atoms with Crippen molar-refractivity contribution in [2.24, 2.45) is 0 Å². The number of benzene rings is 2. The molecule has 5 nitrogen and oxygen atoms in total. The number of nitro benzene ring substituents is 1. The van der Waals surface area contributed by atoms with E-state index in [-0.39, 0.29) is 28.0 Å². The van der Waals surface area contributed by atoms with E-state index in [1.165, 1.54) is 25.1 Å². The highest BCUT2D eigenvalue weighted by molar-refractivity contribution is 6.32. The number of hydrogen-bond donors (Lipinski definition) is 0. The van der Waals surface area contributed by atoms with Crippen LogP contribution in [0.5, 0.6) is 11.5 Å². The Kier molecular flexibility index (Phi) is 4.23. The number of aryl methyl sites for hydroxylation is 1. The Balaban J connectivity index is 2.40. The Morgan fingerprint density at radius 1 is 1.19 bits per heavy atom. The van der Waals surface area contributed by atoms with Gasteiger partial charge in [-0.2, -0.15) is 0 Å². The van der Waals surface area contributed by atoms with Crippen LogP contribution in [0, 0.1) is 17.0 Å². The second-order valence-corrected chi connectivity index (χ2v) is 4.94. The SMILES string of the molecule is CC(=O)c1ccc(Oc2cc(C)ccc2[N+](=O)[O-])c(Cl)c1. The molecule has 2 aromatic rings. The number of Topliss-reactive ketones (excluding diaryl/α,β-unsaturated/α-hetero) is 1. The number of halogens is 1. The van der Waals surface area contributed by atoms with Crippen LogP contribution in [0.2, 0.25) is 5.02 Å². The van der Waals surface area contributed by atoms with E-state index in [1.807, 2.05) is 0 Å². The van der Waals surface area contributed by atoms with Crippen molar-refractivity contribution in [3.63, 3.8) is 0 Å². The molecule has 0 N–H and O–H groups in total. The van der Waals surface area contributed by atoms with Gasteiger partial charge in [0, 0.05) is 11.6 Å². The number of nitro groups is 1. The highest BCUT2D eigenvalue weighted by atomic mass is 35.5. The molecule has 0 atom stereocenters. The highest BCUT2D eigenvalue weighted by Crippen LogP contribution is 2.35. The Morgan fingerprint density at radius 3 is 2.48 bits per heavy atom. The summed E-state index contributed by atoms with van der Waals surface area (Å²) in [7, 11) is 0. The molecular formula is C15H12ClNO4. The number of ketones is 1. The van der Waals surface area contributed by atoms with Gasteiger partial charge in [-0.1, -0.05) is 17.7 Å². The number of carbonyl (C=O) groups is 1. The summed E-state index contributed by atoms with van der Waals surface area (Å²) in [4.78, 5) is 21.7. The molecule has 0 spiro atoms.